The number of rotatable bonds is 8. The van der Waals surface area contributed by atoms with Gasteiger partial charge in [-0.1, -0.05) is 0 Å². The first kappa shape index (κ1) is 31.0. The molecule has 0 aliphatic rings. The fourth-order valence-electron chi connectivity index (χ4n) is 6.54. The van der Waals surface area contributed by atoms with Crippen LogP contribution in [0.5, 0.6) is 0 Å². The van der Waals surface area contributed by atoms with E-state index in [1.165, 1.54) is 0 Å². The maximum atomic E-state index is 8.72. The van der Waals surface area contributed by atoms with Crippen LogP contribution in [0.1, 0.15) is 0 Å². The SMILES string of the molecule is [Cl][Re]([Cl])([Cl])([Cl])([PH](c1ccccc1)(c1ccccc1)c1ccccc1)[PH](c1ccccc1)(c1ccccc1)c1ccccc1. The van der Waals surface area contributed by atoms with E-state index in [1.54, 1.807) is 0 Å². The Hall–Kier alpha value is -2.00. The quantitative estimate of drug-likeness (QED) is 0.134. The Morgan fingerprint density at radius 1 is 0.256 bits per heavy atom. The van der Waals surface area contributed by atoms with Gasteiger partial charge in [0.15, 0.2) is 0 Å². The van der Waals surface area contributed by atoms with Gasteiger partial charge in [-0.15, -0.1) is 0 Å². The average molecular weight is 855 g/mol. The Morgan fingerprint density at radius 2 is 0.395 bits per heavy atom. The van der Waals surface area contributed by atoms with Crippen molar-refractivity contribution in [3.05, 3.63) is 182 Å². The molecule has 0 radical (unpaired) electrons. The van der Waals surface area contributed by atoms with Gasteiger partial charge in [-0.2, -0.15) is 0 Å². The molecule has 6 aromatic carbocycles. The van der Waals surface area contributed by atoms with Gasteiger partial charge in [-0.05, 0) is 0 Å². The molecule has 0 N–H and O–H groups in total. The maximum absolute atomic E-state index is 8.72. The summed E-state index contributed by atoms with van der Waals surface area (Å²) in [6.07, 6.45) is 0. The van der Waals surface area contributed by atoms with Gasteiger partial charge in [0.2, 0.25) is 0 Å². The van der Waals surface area contributed by atoms with Crippen LogP contribution in [0.3, 0.4) is 0 Å². The molecule has 0 saturated carbocycles. The van der Waals surface area contributed by atoms with E-state index in [2.05, 4.69) is 72.8 Å². The molecule has 6 aromatic rings. The van der Waals surface area contributed by atoms with Crippen LogP contribution in [0.4, 0.5) is 0 Å². The minimum absolute atomic E-state index is 0.983. The summed E-state index contributed by atoms with van der Waals surface area (Å²) in [7, 11) is 27.9. The molecule has 0 aliphatic heterocycles. The van der Waals surface area contributed by atoms with Gasteiger partial charge in [-0.3, -0.25) is 0 Å². The van der Waals surface area contributed by atoms with E-state index in [0.717, 1.165) is 31.8 Å². The molecule has 0 amide bonds. The Morgan fingerprint density at radius 3 is 0.535 bits per heavy atom. The number of hydrogen-bond acceptors (Lipinski definition) is 0. The van der Waals surface area contributed by atoms with Crippen LogP contribution in [-0.4, -0.2) is 0 Å². The number of benzene rings is 6. The van der Waals surface area contributed by atoms with Gasteiger partial charge in [0, 0.05) is 0 Å². The van der Waals surface area contributed by atoms with Crippen molar-refractivity contribution in [2.24, 2.45) is 0 Å². The van der Waals surface area contributed by atoms with Gasteiger partial charge < -0.3 is 0 Å². The molecule has 0 heterocycles. The zero-order valence-electron chi connectivity index (χ0n) is 23.2. The Labute approximate surface area is 268 Å². The second kappa shape index (κ2) is 11.4. The first-order valence-electron chi connectivity index (χ1n) is 13.9. The summed E-state index contributed by atoms with van der Waals surface area (Å²) < 4.78 is 0. The van der Waals surface area contributed by atoms with Crippen molar-refractivity contribution in [2.75, 3.05) is 0 Å². The van der Waals surface area contributed by atoms with E-state index in [4.69, 9.17) is 38.1 Å². The third-order valence-corrected chi connectivity index (χ3v) is 112. The van der Waals surface area contributed by atoms with Crippen molar-refractivity contribution in [2.45, 2.75) is 0 Å². The predicted molar refractivity (Wildman–Crippen MR) is 196 cm³/mol. The van der Waals surface area contributed by atoms with Crippen LogP contribution in [0.15, 0.2) is 182 Å². The normalized spacial score (nSPS) is 14.7. The first-order valence-corrected chi connectivity index (χ1v) is 39.3. The van der Waals surface area contributed by atoms with Gasteiger partial charge in [-0.25, -0.2) is 0 Å². The topological polar surface area (TPSA) is 0 Å². The second-order valence-electron chi connectivity index (χ2n) is 10.5. The number of halogens is 4. The van der Waals surface area contributed by atoms with E-state index in [-0.39, 0.29) is 0 Å². The van der Waals surface area contributed by atoms with E-state index >= 15 is 0 Å². The van der Waals surface area contributed by atoms with Crippen molar-refractivity contribution >= 4 is 80.8 Å². The molecule has 221 valence electrons. The Balaban J connectivity index is 1.97. The zero-order chi connectivity index (χ0) is 30.1. The molecule has 0 aliphatic carbocycles. The second-order valence-corrected chi connectivity index (χ2v) is 101. The minimum atomic E-state index is -7.01. The Kier molecular flexibility index (Phi) is 8.23. The van der Waals surface area contributed by atoms with Crippen molar-refractivity contribution < 1.29 is 8.02 Å². The van der Waals surface area contributed by atoms with Gasteiger partial charge in [0.25, 0.3) is 0 Å². The third kappa shape index (κ3) is 4.61. The van der Waals surface area contributed by atoms with E-state index < -0.39 is 18.9 Å². The van der Waals surface area contributed by atoms with E-state index in [9.17, 15) is 0 Å². The standard InChI is InChI=1S/2C18H15P.4ClH.Re/c2*1-4-10-16(11-5-1)19(17-12-6-2-7-13-17)18-14-8-3-9-15-18;;;;;/h2*1-15H;4*1H;/q;;;;;;+2/p-2. The molecule has 0 saturated heterocycles. The van der Waals surface area contributed by atoms with Crippen LogP contribution in [0.2, 0.25) is 0 Å². The molecule has 0 bridgehead atoms. The summed E-state index contributed by atoms with van der Waals surface area (Å²) in [5.41, 5.74) is -7.53. The summed E-state index contributed by atoms with van der Waals surface area (Å²) >= 11 is 0. The average Bonchev–Trinajstić information content (AvgIpc) is 3.04. The van der Waals surface area contributed by atoms with Crippen LogP contribution < -0.4 is 31.8 Å². The summed E-state index contributed by atoms with van der Waals surface area (Å²) in [5, 5.41) is 5.90. The van der Waals surface area contributed by atoms with Crippen LogP contribution in [0.25, 0.3) is 0 Å². The van der Waals surface area contributed by atoms with E-state index in [1.807, 2.05) is 109 Å². The molecule has 43 heavy (non-hydrogen) atoms. The molecule has 0 spiro atoms. The molecule has 0 unspecified atom stereocenters. The van der Waals surface area contributed by atoms with Crippen molar-refractivity contribution in [1.29, 1.82) is 0 Å². The van der Waals surface area contributed by atoms with Crippen molar-refractivity contribution in [1.82, 2.24) is 0 Å². The summed E-state index contributed by atoms with van der Waals surface area (Å²) in [4.78, 5) is 0. The zero-order valence-corrected chi connectivity index (χ0v) is 30.9. The van der Waals surface area contributed by atoms with Gasteiger partial charge in [0.05, 0.1) is 0 Å². The molecular formula is C36H32Cl4P2Re. The summed E-state index contributed by atoms with van der Waals surface area (Å²) in [5.74, 6) is 0. The van der Waals surface area contributed by atoms with Gasteiger partial charge >= 0.3 is 271 Å². The Bertz CT molecular complexity index is 1490. The molecule has 6 rings (SSSR count). The third-order valence-electron chi connectivity index (χ3n) is 8.17. The summed E-state index contributed by atoms with van der Waals surface area (Å²) in [6.45, 7) is 0. The first-order chi connectivity index (χ1) is 20.7. The molecule has 0 atom stereocenters. The predicted octanol–water partition coefficient (Wildman–Crippen LogP) is 9.11. The van der Waals surface area contributed by atoms with Crippen LogP contribution >= 0.6 is 49.0 Å². The van der Waals surface area contributed by atoms with Crippen LogP contribution in [-0.2, 0) is 8.02 Å². The monoisotopic (exact) mass is 853 g/mol. The fourth-order valence-corrected chi connectivity index (χ4v) is 132. The number of hydrogen-bond donors (Lipinski definition) is 0. The summed E-state index contributed by atoms with van der Waals surface area (Å²) in [6, 6.07) is 61.9. The van der Waals surface area contributed by atoms with Crippen molar-refractivity contribution in [3.8, 4) is 0 Å². The van der Waals surface area contributed by atoms with E-state index in [0.29, 0.717) is 0 Å². The molecule has 0 nitrogen and oxygen atoms in total. The van der Waals surface area contributed by atoms with Crippen molar-refractivity contribution in [3.63, 3.8) is 0 Å². The molecule has 7 heteroatoms. The fraction of sp³-hybridized carbons (Fsp3) is 0. The molecule has 0 fully saturated rings. The van der Waals surface area contributed by atoms with Gasteiger partial charge in [0.1, 0.15) is 0 Å². The molecule has 0 aromatic heterocycles. The van der Waals surface area contributed by atoms with Crippen LogP contribution in [0, 0.1) is 0 Å². The molecular weight excluding hydrogens is 822 g/mol.